The third kappa shape index (κ3) is 9.41. The van der Waals surface area contributed by atoms with Crippen LogP contribution in [-0.4, -0.2) is 11.7 Å². The lowest BCUT2D eigenvalue weighted by atomic mass is 10.3. The summed E-state index contributed by atoms with van der Waals surface area (Å²) in [5.74, 6) is 0.820. The lowest BCUT2D eigenvalue weighted by molar-refractivity contribution is 0.984. The Balaban J connectivity index is 0. The molecule has 3 N–H and O–H groups in total. The molecule has 0 bridgehead atoms. The van der Waals surface area contributed by atoms with Gasteiger partial charge in [0.25, 0.3) is 0 Å². The molecule has 0 heterocycles. The van der Waals surface area contributed by atoms with E-state index >= 15 is 0 Å². The van der Waals surface area contributed by atoms with Crippen molar-refractivity contribution >= 4 is 29.8 Å². The Morgan fingerprint density at radius 1 is 1.62 bits per heavy atom. The molecule has 2 nitrogen and oxygen atoms in total. The molecule has 0 aliphatic carbocycles. The number of alkyl halides is 1. The fourth-order valence-corrected chi connectivity index (χ4v) is 0.391. The predicted octanol–water partition coefficient (Wildman–Crippen LogP) is 1.36. The summed E-state index contributed by atoms with van der Waals surface area (Å²) in [4.78, 5) is 0. The maximum Gasteiger partial charge on any atom is 0.0905 e. The van der Waals surface area contributed by atoms with Crippen molar-refractivity contribution in [2.45, 2.75) is 12.8 Å². The van der Waals surface area contributed by atoms with E-state index in [9.17, 15) is 0 Å². The first-order valence-electron chi connectivity index (χ1n) is 2.16. The van der Waals surface area contributed by atoms with Crippen LogP contribution < -0.4 is 5.73 Å². The highest BCUT2D eigenvalue weighted by Gasteiger charge is 1.84. The topological polar surface area (TPSA) is 49.9 Å². The number of amidine groups is 1. The van der Waals surface area contributed by atoms with Gasteiger partial charge in [0.05, 0.1) is 5.84 Å². The second-order valence-electron chi connectivity index (χ2n) is 1.32. The lowest BCUT2D eigenvalue weighted by Crippen LogP contribution is -2.08. The number of rotatable bonds is 3. The van der Waals surface area contributed by atoms with E-state index in [-0.39, 0.29) is 18.2 Å². The Bertz CT molecular complexity index is 65.1. The Morgan fingerprint density at radius 3 is 2.25 bits per heavy atom. The van der Waals surface area contributed by atoms with Crippen molar-refractivity contribution in [2.75, 3.05) is 5.88 Å². The van der Waals surface area contributed by atoms with Gasteiger partial charge in [0.15, 0.2) is 0 Å². The molecule has 0 atom stereocenters. The maximum atomic E-state index is 6.72. The van der Waals surface area contributed by atoms with Crippen LogP contribution in [-0.2, 0) is 0 Å². The van der Waals surface area contributed by atoms with Crippen LogP contribution in [0.3, 0.4) is 0 Å². The van der Waals surface area contributed by atoms with E-state index in [2.05, 4.69) is 0 Å². The van der Waals surface area contributed by atoms with Gasteiger partial charge in [-0.3, -0.25) is 5.41 Å². The summed E-state index contributed by atoms with van der Waals surface area (Å²) in [5, 5.41) is 6.72. The molecule has 0 aliphatic heterocycles. The van der Waals surface area contributed by atoms with Crippen LogP contribution >= 0.6 is 24.0 Å². The van der Waals surface area contributed by atoms with Gasteiger partial charge in [0.2, 0.25) is 0 Å². The van der Waals surface area contributed by atoms with Crippen molar-refractivity contribution in [3.63, 3.8) is 0 Å². The molecule has 4 heteroatoms. The first-order chi connectivity index (χ1) is 3.27. The van der Waals surface area contributed by atoms with Crippen LogP contribution in [0.25, 0.3) is 0 Å². The number of nitrogens with two attached hydrogens (primary N) is 1. The van der Waals surface area contributed by atoms with Crippen LogP contribution in [0.5, 0.6) is 0 Å². The maximum absolute atomic E-state index is 6.72. The van der Waals surface area contributed by atoms with Crippen LogP contribution in [0.4, 0.5) is 0 Å². The molecule has 0 aromatic heterocycles. The fraction of sp³-hybridized carbons (Fsp3) is 0.750. The zero-order valence-corrected chi connectivity index (χ0v) is 6.06. The zero-order chi connectivity index (χ0) is 5.70. The van der Waals surface area contributed by atoms with Crippen molar-refractivity contribution in [3.8, 4) is 0 Å². The number of nitrogens with one attached hydrogen (secondary N) is 1. The molecule has 0 radical (unpaired) electrons. The normalized spacial score (nSPS) is 7.62. The van der Waals surface area contributed by atoms with E-state index in [4.69, 9.17) is 22.7 Å². The minimum atomic E-state index is 0. The van der Waals surface area contributed by atoms with Gasteiger partial charge in [-0.05, 0) is 6.42 Å². The molecular formula is C4H10Cl2N2. The molecule has 0 fully saturated rings. The van der Waals surface area contributed by atoms with Crippen LogP contribution in [0.1, 0.15) is 12.8 Å². The molecule has 8 heavy (non-hydrogen) atoms. The summed E-state index contributed by atoms with van der Waals surface area (Å²) in [6, 6.07) is 0. The second-order valence-corrected chi connectivity index (χ2v) is 1.70. The summed E-state index contributed by atoms with van der Waals surface area (Å²) in [6.45, 7) is 0. The van der Waals surface area contributed by atoms with Gasteiger partial charge < -0.3 is 5.73 Å². The summed E-state index contributed by atoms with van der Waals surface area (Å²) in [7, 11) is 0. The fourth-order valence-electron chi connectivity index (χ4n) is 0.257. The summed E-state index contributed by atoms with van der Waals surface area (Å²) < 4.78 is 0. The van der Waals surface area contributed by atoms with E-state index in [1.54, 1.807) is 0 Å². The van der Waals surface area contributed by atoms with E-state index in [1.165, 1.54) is 0 Å². The second kappa shape index (κ2) is 7.05. The average Bonchev–Trinajstić information content (AvgIpc) is 1.61. The molecule has 0 spiro atoms. The first kappa shape index (κ1) is 10.9. The summed E-state index contributed by atoms with van der Waals surface area (Å²) in [6.07, 6.45) is 1.44. The number of halogens is 2. The molecule has 0 saturated carbocycles. The smallest absolute Gasteiger partial charge is 0.0905 e. The van der Waals surface area contributed by atoms with Crippen molar-refractivity contribution < 1.29 is 0 Å². The van der Waals surface area contributed by atoms with Gasteiger partial charge in [0.1, 0.15) is 0 Å². The van der Waals surface area contributed by atoms with E-state index in [0.29, 0.717) is 12.3 Å². The van der Waals surface area contributed by atoms with Crippen molar-refractivity contribution in [1.29, 1.82) is 5.41 Å². The Morgan fingerprint density at radius 2 is 2.12 bits per heavy atom. The van der Waals surface area contributed by atoms with Crippen LogP contribution in [0.15, 0.2) is 0 Å². The third-order valence-corrected chi connectivity index (χ3v) is 0.847. The molecule has 0 amide bonds. The number of hydrogen-bond donors (Lipinski definition) is 2. The zero-order valence-electron chi connectivity index (χ0n) is 4.48. The third-order valence-electron chi connectivity index (χ3n) is 0.580. The average molecular weight is 157 g/mol. The highest BCUT2D eigenvalue weighted by molar-refractivity contribution is 6.17. The van der Waals surface area contributed by atoms with Crippen molar-refractivity contribution in [3.05, 3.63) is 0 Å². The molecule has 0 saturated heterocycles. The molecule has 0 aromatic rings. The van der Waals surface area contributed by atoms with Crippen molar-refractivity contribution in [2.24, 2.45) is 5.73 Å². The van der Waals surface area contributed by atoms with Crippen LogP contribution in [0, 0.1) is 5.41 Å². The SMILES string of the molecule is Cl.N=C(N)CCCCl. The van der Waals surface area contributed by atoms with Gasteiger partial charge in [-0.15, -0.1) is 24.0 Å². The molecule has 0 aliphatic rings. The summed E-state index contributed by atoms with van der Waals surface area (Å²) >= 11 is 5.29. The van der Waals surface area contributed by atoms with Gasteiger partial charge in [-0.1, -0.05) is 0 Å². The highest BCUT2D eigenvalue weighted by atomic mass is 35.5. The highest BCUT2D eigenvalue weighted by Crippen LogP contribution is 1.88. The molecule has 50 valence electrons. The Labute approximate surface area is 60.3 Å². The quantitative estimate of drug-likeness (QED) is 0.362. The molecule has 0 rings (SSSR count). The summed E-state index contributed by atoms with van der Waals surface area (Å²) in [5.41, 5.74) is 5.00. The van der Waals surface area contributed by atoms with Crippen molar-refractivity contribution in [1.82, 2.24) is 0 Å². The van der Waals surface area contributed by atoms with Gasteiger partial charge >= 0.3 is 0 Å². The van der Waals surface area contributed by atoms with E-state index < -0.39 is 0 Å². The van der Waals surface area contributed by atoms with Gasteiger partial charge in [0, 0.05) is 12.3 Å². The van der Waals surface area contributed by atoms with E-state index in [1.807, 2.05) is 0 Å². The standard InChI is InChI=1S/C4H9ClN2.ClH/c5-3-1-2-4(6)7;/h1-3H2,(H3,6,7);1H. The minimum Gasteiger partial charge on any atom is -0.388 e. The van der Waals surface area contributed by atoms with E-state index in [0.717, 1.165) is 6.42 Å². The Kier molecular flexibility index (Phi) is 9.63. The Hall–Kier alpha value is 0.0500. The largest absolute Gasteiger partial charge is 0.388 e. The minimum absolute atomic E-state index is 0. The first-order valence-corrected chi connectivity index (χ1v) is 2.69. The monoisotopic (exact) mass is 156 g/mol. The molecule has 0 aromatic carbocycles. The van der Waals surface area contributed by atoms with Gasteiger partial charge in [-0.2, -0.15) is 0 Å². The van der Waals surface area contributed by atoms with Crippen LogP contribution in [0.2, 0.25) is 0 Å². The van der Waals surface area contributed by atoms with Gasteiger partial charge in [-0.25, -0.2) is 0 Å². The molecular weight excluding hydrogens is 147 g/mol. The molecule has 0 unspecified atom stereocenters. The number of hydrogen-bond acceptors (Lipinski definition) is 1. The predicted molar refractivity (Wildman–Crippen MR) is 39.1 cm³/mol. The lowest BCUT2D eigenvalue weighted by Gasteiger charge is -1.89.